The first-order valence-electron chi connectivity index (χ1n) is 10.5. The molecule has 2 amide bonds. The molecule has 7 heteroatoms. The Morgan fingerprint density at radius 1 is 0.909 bits per heavy atom. The molecule has 3 aromatic carbocycles. The van der Waals surface area contributed by atoms with Gasteiger partial charge < -0.3 is 15.2 Å². The average Bonchev–Trinajstić information content (AvgIpc) is 2.83. The molecule has 3 aromatic rings. The normalized spacial score (nSPS) is 14.8. The molecule has 1 aliphatic rings. The minimum absolute atomic E-state index is 0.316. The maximum absolute atomic E-state index is 13.2. The van der Waals surface area contributed by atoms with Gasteiger partial charge >= 0.3 is 5.97 Å². The third kappa shape index (κ3) is 3.87. The van der Waals surface area contributed by atoms with Gasteiger partial charge in [-0.2, -0.15) is 0 Å². The summed E-state index contributed by atoms with van der Waals surface area (Å²) in [6.45, 7) is 2.58. The average molecular weight is 444 g/mol. The number of nitrogens with one attached hydrogen (secondary N) is 1. The number of carbonyl (C=O) groups is 3. The van der Waals surface area contributed by atoms with E-state index in [0.717, 1.165) is 0 Å². The lowest BCUT2D eigenvalue weighted by Gasteiger charge is -2.42. The monoisotopic (exact) mass is 444 g/mol. The molecule has 0 spiro atoms. The molecule has 0 bridgehead atoms. The second-order valence-electron chi connectivity index (χ2n) is 8.28. The molecule has 0 aromatic heterocycles. The zero-order valence-electron chi connectivity index (χ0n) is 18.3. The minimum Gasteiger partial charge on any atom is -0.453 e. The summed E-state index contributed by atoms with van der Waals surface area (Å²) >= 11 is 0. The van der Waals surface area contributed by atoms with Gasteiger partial charge in [0.15, 0.2) is 6.61 Å². The molecule has 33 heavy (non-hydrogen) atoms. The zero-order valence-corrected chi connectivity index (χ0v) is 18.3. The third-order valence-corrected chi connectivity index (χ3v) is 5.76. The number of fused-ring (bicyclic) bond motifs is 1. The van der Waals surface area contributed by atoms with Gasteiger partial charge in [0.05, 0.1) is 11.4 Å². The van der Waals surface area contributed by atoms with E-state index >= 15 is 0 Å². The van der Waals surface area contributed by atoms with Crippen LogP contribution in [-0.2, 0) is 24.7 Å². The minimum atomic E-state index is -2.10. The summed E-state index contributed by atoms with van der Waals surface area (Å²) < 4.78 is 5.36. The van der Waals surface area contributed by atoms with Crippen molar-refractivity contribution in [1.82, 2.24) is 0 Å². The van der Waals surface area contributed by atoms with Crippen molar-refractivity contribution in [1.29, 1.82) is 0 Å². The van der Waals surface area contributed by atoms with Gasteiger partial charge in [-0.3, -0.25) is 14.5 Å². The first kappa shape index (κ1) is 22.2. The van der Waals surface area contributed by atoms with Gasteiger partial charge in [-0.1, -0.05) is 72.8 Å². The van der Waals surface area contributed by atoms with Gasteiger partial charge in [0.2, 0.25) is 11.5 Å². The number of ether oxygens (including phenoxy) is 1. The lowest BCUT2D eigenvalue weighted by Crippen LogP contribution is -2.59. The van der Waals surface area contributed by atoms with Gasteiger partial charge in [-0.05, 0) is 37.1 Å². The SMILES string of the molecule is CC1(C)C(=O)Nc2ccccc2N1C(=O)COC(=O)C(O)(c1ccccc1)c1ccccc1. The van der Waals surface area contributed by atoms with Crippen molar-refractivity contribution in [3.8, 4) is 0 Å². The number of hydrogen-bond acceptors (Lipinski definition) is 5. The fourth-order valence-corrected chi connectivity index (χ4v) is 3.96. The number of anilines is 2. The van der Waals surface area contributed by atoms with Crippen LogP contribution < -0.4 is 10.2 Å². The Hall–Kier alpha value is -3.97. The van der Waals surface area contributed by atoms with Crippen molar-refractivity contribution < 1.29 is 24.2 Å². The van der Waals surface area contributed by atoms with Gasteiger partial charge in [0, 0.05) is 0 Å². The number of amides is 2. The number of carbonyl (C=O) groups excluding carboxylic acids is 3. The predicted octanol–water partition coefficient (Wildman–Crippen LogP) is 3.23. The van der Waals surface area contributed by atoms with Crippen LogP contribution in [0.15, 0.2) is 84.9 Å². The molecule has 7 nitrogen and oxygen atoms in total. The summed E-state index contributed by atoms with van der Waals surface area (Å²) in [5, 5.41) is 14.3. The quantitative estimate of drug-likeness (QED) is 0.589. The number of esters is 1. The number of hydrogen-bond donors (Lipinski definition) is 2. The van der Waals surface area contributed by atoms with E-state index < -0.39 is 29.6 Å². The van der Waals surface area contributed by atoms with E-state index in [1.165, 1.54) is 4.90 Å². The van der Waals surface area contributed by atoms with Crippen LogP contribution in [0, 0.1) is 0 Å². The van der Waals surface area contributed by atoms with E-state index in [2.05, 4.69) is 5.32 Å². The molecular weight excluding hydrogens is 420 g/mol. The summed E-state index contributed by atoms with van der Waals surface area (Å²) in [5.41, 5.74) is -1.67. The third-order valence-electron chi connectivity index (χ3n) is 5.76. The van der Waals surface area contributed by atoms with Crippen LogP contribution in [0.1, 0.15) is 25.0 Å². The fourth-order valence-electron chi connectivity index (χ4n) is 3.96. The molecule has 0 fully saturated rings. The lowest BCUT2D eigenvalue weighted by atomic mass is 9.86. The highest BCUT2D eigenvalue weighted by atomic mass is 16.6. The highest BCUT2D eigenvalue weighted by Gasteiger charge is 2.45. The van der Waals surface area contributed by atoms with Crippen molar-refractivity contribution in [3.63, 3.8) is 0 Å². The molecule has 2 N–H and O–H groups in total. The van der Waals surface area contributed by atoms with Crippen molar-refractivity contribution in [2.45, 2.75) is 25.0 Å². The molecule has 0 saturated heterocycles. The van der Waals surface area contributed by atoms with E-state index in [9.17, 15) is 19.5 Å². The molecule has 168 valence electrons. The van der Waals surface area contributed by atoms with Crippen LogP contribution >= 0.6 is 0 Å². The summed E-state index contributed by atoms with van der Waals surface area (Å²) in [6, 6.07) is 23.7. The van der Waals surface area contributed by atoms with Crippen molar-refractivity contribution in [2.75, 3.05) is 16.8 Å². The van der Waals surface area contributed by atoms with Crippen LogP contribution in [0.2, 0.25) is 0 Å². The fraction of sp³-hybridized carbons (Fsp3) is 0.192. The van der Waals surface area contributed by atoms with Crippen LogP contribution in [0.5, 0.6) is 0 Å². The van der Waals surface area contributed by atoms with Crippen LogP contribution in [0.4, 0.5) is 11.4 Å². The number of nitrogens with zero attached hydrogens (tertiary/aromatic N) is 1. The lowest BCUT2D eigenvalue weighted by molar-refractivity contribution is -0.164. The number of aliphatic hydroxyl groups is 1. The maximum Gasteiger partial charge on any atom is 0.348 e. The first-order chi connectivity index (χ1) is 15.8. The van der Waals surface area contributed by atoms with Gasteiger partial charge in [-0.25, -0.2) is 4.79 Å². The van der Waals surface area contributed by atoms with Crippen molar-refractivity contribution >= 4 is 29.2 Å². The second kappa shape index (κ2) is 8.52. The largest absolute Gasteiger partial charge is 0.453 e. The second-order valence-corrected chi connectivity index (χ2v) is 8.28. The number of para-hydroxylation sites is 2. The van der Waals surface area contributed by atoms with Gasteiger partial charge in [0.1, 0.15) is 5.54 Å². The molecule has 0 atom stereocenters. The van der Waals surface area contributed by atoms with Gasteiger partial charge in [0.25, 0.3) is 5.91 Å². The molecule has 0 unspecified atom stereocenters. The standard InChI is InChI=1S/C26H24N2O5/c1-25(2)23(30)27-20-15-9-10-16-21(20)28(25)22(29)17-33-24(31)26(32,18-11-5-3-6-12-18)19-13-7-4-8-14-19/h3-16,32H,17H2,1-2H3,(H,27,30). The Balaban J connectivity index is 1.62. The highest BCUT2D eigenvalue weighted by molar-refractivity contribution is 6.14. The Labute approximate surface area is 191 Å². The summed E-state index contributed by atoms with van der Waals surface area (Å²) in [7, 11) is 0. The molecule has 1 heterocycles. The molecule has 0 aliphatic carbocycles. The number of benzene rings is 3. The summed E-state index contributed by atoms with van der Waals surface area (Å²) in [5.74, 6) is -1.93. The summed E-state index contributed by atoms with van der Waals surface area (Å²) in [4.78, 5) is 40.3. The van der Waals surface area contributed by atoms with E-state index in [1.54, 1.807) is 98.8 Å². The Kier molecular flexibility index (Phi) is 5.74. The smallest absolute Gasteiger partial charge is 0.348 e. The molecule has 0 radical (unpaired) electrons. The first-order valence-corrected chi connectivity index (χ1v) is 10.5. The predicted molar refractivity (Wildman–Crippen MR) is 123 cm³/mol. The van der Waals surface area contributed by atoms with Crippen LogP contribution in [-0.4, -0.2) is 35.0 Å². The zero-order chi connectivity index (χ0) is 23.6. The number of rotatable bonds is 5. The van der Waals surface area contributed by atoms with E-state index in [1.807, 2.05) is 0 Å². The van der Waals surface area contributed by atoms with E-state index in [-0.39, 0.29) is 5.91 Å². The molecule has 1 aliphatic heterocycles. The molecule has 0 saturated carbocycles. The summed E-state index contributed by atoms with van der Waals surface area (Å²) in [6.07, 6.45) is 0. The Bertz CT molecular complexity index is 1150. The highest BCUT2D eigenvalue weighted by Crippen LogP contribution is 2.37. The molecule has 4 rings (SSSR count). The van der Waals surface area contributed by atoms with Gasteiger partial charge in [-0.15, -0.1) is 0 Å². The maximum atomic E-state index is 13.2. The van der Waals surface area contributed by atoms with Crippen LogP contribution in [0.25, 0.3) is 0 Å². The van der Waals surface area contributed by atoms with Crippen molar-refractivity contribution in [2.24, 2.45) is 0 Å². The van der Waals surface area contributed by atoms with E-state index in [4.69, 9.17) is 4.74 Å². The molecular formula is C26H24N2O5. The topological polar surface area (TPSA) is 95.9 Å². The van der Waals surface area contributed by atoms with Crippen molar-refractivity contribution in [3.05, 3.63) is 96.1 Å². The van der Waals surface area contributed by atoms with E-state index in [0.29, 0.717) is 22.5 Å². The Morgan fingerprint density at radius 3 is 2.00 bits per heavy atom. The van der Waals surface area contributed by atoms with Crippen LogP contribution in [0.3, 0.4) is 0 Å². The Morgan fingerprint density at radius 2 is 1.42 bits per heavy atom.